The highest BCUT2D eigenvalue weighted by Crippen LogP contribution is 2.41. The second kappa shape index (κ2) is 4.69. The molecule has 2 aliphatic heterocycles. The lowest BCUT2D eigenvalue weighted by atomic mass is 9.82. The van der Waals surface area contributed by atoms with Gasteiger partial charge in [0.2, 0.25) is 0 Å². The van der Waals surface area contributed by atoms with Crippen molar-refractivity contribution in [1.29, 1.82) is 0 Å². The summed E-state index contributed by atoms with van der Waals surface area (Å²) in [7, 11) is 0. The van der Waals surface area contributed by atoms with Crippen LogP contribution in [0.2, 0.25) is 0 Å². The SMILES string of the molecule is OC(c1cccs1)C1CCOC2(CCOC2)C1. The van der Waals surface area contributed by atoms with Crippen molar-refractivity contribution in [3.8, 4) is 0 Å². The van der Waals surface area contributed by atoms with Crippen molar-refractivity contribution >= 4 is 11.3 Å². The molecular weight excluding hydrogens is 236 g/mol. The van der Waals surface area contributed by atoms with Gasteiger partial charge in [-0.1, -0.05) is 6.07 Å². The van der Waals surface area contributed by atoms with Gasteiger partial charge in [-0.25, -0.2) is 0 Å². The molecule has 3 heterocycles. The molecule has 0 radical (unpaired) electrons. The lowest BCUT2D eigenvalue weighted by Gasteiger charge is -2.38. The van der Waals surface area contributed by atoms with Crippen molar-refractivity contribution in [1.82, 2.24) is 0 Å². The molecule has 0 saturated carbocycles. The van der Waals surface area contributed by atoms with Crippen LogP contribution < -0.4 is 0 Å². The first kappa shape index (κ1) is 11.7. The summed E-state index contributed by atoms with van der Waals surface area (Å²) in [5.41, 5.74) is -0.110. The molecule has 0 aliphatic carbocycles. The number of hydrogen-bond donors (Lipinski definition) is 1. The smallest absolute Gasteiger partial charge is 0.0940 e. The lowest BCUT2D eigenvalue weighted by molar-refractivity contribution is -0.116. The summed E-state index contributed by atoms with van der Waals surface area (Å²) in [5, 5.41) is 12.4. The van der Waals surface area contributed by atoms with Crippen molar-refractivity contribution in [2.75, 3.05) is 19.8 Å². The summed E-state index contributed by atoms with van der Waals surface area (Å²) in [4.78, 5) is 1.07. The largest absolute Gasteiger partial charge is 0.387 e. The van der Waals surface area contributed by atoms with Crippen molar-refractivity contribution in [3.05, 3.63) is 22.4 Å². The zero-order chi connectivity index (χ0) is 11.7. The van der Waals surface area contributed by atoms with E-state index in [4.69, 9.17) is 9.47 Å². The summed E-state index contributed by atoms with van der Waals surface area (Å²) in [6.45, 7) is 2.24. The van der Waals surface area contributed by atoms with Crippen LogP contribution in [0, 0.1) is 5.92 Å². The van der Waals surface area contributed by atoms with Crippen molar-refractivity contribution in [3.63, 3.8) is 0 Å². The highest BCUT2D eigenvalue weighted by molar-refractivity contribution is 7.10. The third kappa shape index (κ3) is 2.27. The Kier molecular flexibility index (Phi) is 3.21. The maximum atomic E-state index is 10.4. The molecule has 3 unspecified atom stereocenters. The Morgan fingerprint density at radius 2 is 2.41 bits per heavy atom. The third-order valence-corrected chi connectivity index (χ3v) is 4.82. The van der Waals surface area contributed by atoms with Crippen LogP contribution in [0.15, 0.2) is 17.5 Å². The van der Waals surface area contributed by atoms with Crippen LogP contribution in [0.25, 0.3) is 0 Å². The summed E-state index contributed by atoms with van der Waals surface area (Å²) in [6.07, 6.45) is 2.50. The molecule has 0 aromatic carbocycles. The molecule has 17 heavy (non-hydrogen) atoms. The van der Waals surface area contributed by atoms with Crippen LogP contribution in [0.1, 0.15) is 30.2 Å². The van der Waals surface area contributed by atoms with Crippen molar-refractivity contribution in [2.24, 2.45) is 5.92 Å². The fraction of sp³-hybridized carbons (Fsp3) is 0.692. The summed E-state index contributed by atoms with van der Waals surface area (Å²) in [6, 6.07) is 4.01. The van der Waals surface area contributed by atoms with E-state index in [1.807, 2.05) is 17.5 Å². The van der Waals surface area contributed by atoms with E-state index in [-0.39, 0.29) is 11.7 Å². The molecule has 2 saturated heterocycles. The summed E-state index contributed by atoms with van der Waals surface area (Å²) >= 11 is 1.63. The molecule has 1 N–H and O–H groups in total. The molecule has 0 bridgehead atoms. The topological polar surface area (TPSA) is 38.7 Å². The molecule has 3 atom stereocenters. The molecule has 2 aliphatic rings. The van der Waals surface area contributed by atoms with Crippen LogP contribution in [0.5, 0.6) is 0 Å². The highest BCUT2D eigenvalue weighted by atomic mass is 32.1. The van der Waals surface area contributed by atoms with Gasteiger partial charge in [0.05, 0.1) is 18.3 Å². The Hall–Kier alpha value is -0.420. The second-order valence-corrected chi connectivity index (χ2v) is 6.03. The Morgan fingerprint density at radius 3 is 3.12 bits per heavy atom. The van der Waals surface area contributed by atoms with E-state index >= 15 is 0 Å². The van der Waals surface area contributed by atoms with Crippen molar-refractivity contribution < 1.29 is 14.6 Å². The third-order valence-electron chi connectivity index (χ3n) is 3.88. The minimum Gasteiger partial charge on any atom is -0.387 e. The quantitative estimate of drug-likeness (QED) is 0.880. The number of aliphatic hydroxyl groups is 1. The van der Waals surface area contributed by atoms with Gasteiger partial charge in [0.25, 0.3) is 0 Å². The highest BCUT2D eigenvalue weighted by Gasteiger charge is 2.43. The first-order chi connectivity index (χ1) is 8.29. The van der Waals surface area contributed by atoms with Crippen LogP contribution >= 0.6 is 11.3 Å². The normalized spacial score (nSPS) is 35.2. The van der Waals surface area contributed by atoms with Gasteiger partial charge in [-0.15, -0.1) is 11.3 Å². The Balaban J connectivity index is 1.71. The van der Waals surface area contributed by atoms with Gasteiger partial charge in [-0.05, 0) is 30.2 Å². The van der Waals surface area contributed by atoms with E-state index in [9.17, 15) is 5.11 Å². The molecular formula is C13H18O3S. The lowest BCUT2D eigenvalue weighted by Crippen LogP contribution is -2.41. The number of thiophene rings is 1. The molecule has 1 aromatic rings. The maximum absolute atomic E-state index is 10.4. The van der Waals surface area contributed by atoms with Gasteiger partial charge >= 0.3 is 0 Å². The number of hydrogen-bond acceptors (Lipinski definition) is 4. The van der Waals surface area contributed by atoms with E-state index < -0.39 is 0 Å². The van der Waals surface area contributed by atoms with Crippen LogP contribution in [0.3, 0.4) is 0 Å². The van der Waals surface area contributed by atoms with E-state index in [1.165, 1.54) is 0 Å². The first-order valence-electron chi connectivity index (χ1n) is 6.22. The second-order valence-electron chi connectivity index (χ2n) is 5.05. The van der Waals surface area contributed by atoms with E-state index in [0.717, 1.165) is 37.4 Å². The maximum Gasteiger partial charge on any atom is 0.0940 e. The zero-order valence-corrected chi connectivity index (χ0v) is 10.6. The monoisotopic (exact) mass is 254 g/mol. The molecule has 4 heteroatoms. The predicted molar refractivity (Wildman–Crippen MR) is 66.1 cm³/mol. The van der Waals surface area contributed by atoms with E-state index in [2.05, 4.69) is 0 Å². The molecule has 1 aromatic heterocycles. The zero-order valence-electron chi connectivity index (χ0n) is 9.80. The predicted octanol–water partition coefficient (Wildman–Crippen LogP) is 2.37. The molecule has 3 rings (SSSR count). The molecule has 2 fully saturated rings. The summed E-state index contributed by atoms with van der Waals surface area (Å²) in [5.74, 6) is 0.309. The Morgan fingerprint density at radius 1 is 1.47 bits per heavy atom. The number of rotatable bonds is 2. The van der Waals surface area contributed by atoms with Gasteiger partial charge in [-0.2, -0.15) is 0 Å². The Bertz CT molecular complexity index is 357. The fourth-order valence-corrected chi connectivity index (χ4v) is 3.69. The van der Waals surface area contributed by atoms with Crippen LogP contribution in [-0.4, -0.2) is 30.5 Å². The van der Waals surface area contributed by atoms with Crippen LogP contribution in [0.4, 0.5) is 0 Å². The Labute approximate surface area is 105 Å². The summed E-state index contributed by atoms with van der Waals surface area (Å²) < 4.78 is 11.3. The number of aliphatic hydroxyl groups excluding tert-OH is 1. The fourth-order valence-electron chi connectivity index (χ4n) is 2.89. The molecule has 94 valence electrons. The average molecular weight is 254 g/mol. The average Bonchev–Trinajstić information content (AvgIpc) is 3.00. The van der Waals surface area contributed by atoms with Gasteiger partial charge in [0.1, 0.15) is 0 Å². The standard InChI is InChI=1S/C13H18O3S/c14-12(11-2-1-7-17-11)10-3-5-16-13(8-10)4-6-15-9-13/h1-2,7,10,12,14H,3-6,8-9H2. The minimum atomic E-state index is -0.337. The number of ether oxygens (including phenoxy) is 2. The van der Waals surface area contributed by atoms with Gasteiger partial charge in [-0.3, -0.25) is 0 Å². The molecule has 1 spiro atoms. The van der Waals surface area contributed by atoms with Gasteiger partial charge in [0, 0.05) is 24.5 Å². The van der Waals surface area contributed by atoms with Gasteiger partial charge in [0.15, 0.2) is 0 Å². The minimum absolute atomic E-state index is 0.110. The van der Waals surface area contributed by atoms with Gasteiger partial charge < -0.3 is 14.6 Å². The van der Waals surface area contributed by atoms with E-state index in [0.29, 0.717) is 12.5 Å². The van der Waals surface area contributed by atoms with E-state index in [1.54, 1.807) is 11.3 Å². The van der Waals surface area contributed by atoms with Crippen molar-refractivity contribution in [2.45, 2.75) is 31.0 Å². The van der Waals surface area contributed by atoms with Crippen LogP contribution in [-0.2, 0) is 9.47 Å². The molecule has 0 amide bonds. The first-order valence-corrected chi connectivity index (χ1v) is 7.10. The molecule has 3 nitrogen and oxygen atoms in total.